The molecule has 0 bridgehead atoms. The third kappa shape index (κ3) is 5.54. The van der Waals surface area contributed by atoms with Crippen molar-refractivity contribution in [2.45, 2.75) is 31.4 Å². The number of benzene rings is 2. The first-order chi connectivity index (χ1) is 15.8. The van der Waals surface area contributed by atoms with Gasteiger partial charge in [-0.05, 0) is 44.5 Å². The van der Waals surface area contributed by atoms with Crippen LogP contribution in [0.1, 0.15) is 30.6 Å². The number of rotatable bonds is 6. The molecular weight excluding hydrogens is 416 g/mol. The van der Waals surface area contributed by atoms with E-state index in [-0.39, 0.29) is 18.4 Å². The van der Waals surface area contributed by atoms with E-state index in [1.54, 1.807) is 43.0 Å². The summed E-state index contributed by atoms with van der Waals surface area (Å²) in [5.41, 5.74) is -0.233. The molecule has 4 rings (SSSR count). The van der Waals surface area contributed by atoms with Crippen molar-refractivity contribution >= 4 is 17.5 Å². The predicted molar refractivity (Wildman–Crippen MR) is 129 cm³/mol. The topological polar surface area (TPSA) is 76.1 Å². The SMILES string of the molecule is CC(C)(NC(=O)c1ccccc1)C(=O)N1CCC(O)(CN2CCN(c3ccccc3)CC2)C1. The Morgan fingerprint density at radius 2 is 1.55 bits per heavy atom. The molecule has 0 aliphatic carbocycles. The van der Waals surface area contributed by atoms with Gasteiger partial charge in [0.05, 0.1) is 12.1 Å². The van der Waals surface area contributed by atoms with Crippen molar-refractivity contribution in [3.8, 4) is 0 Å². The lowest BCUT2D eigenvalue weighted by Gasteiger charge is -2.39. The van der Waals surface area contributed by atoms with E-state index in [0.29, 0.717) is 25.1 Å². The number of aliphatic hydroxyl groups is 1. The maximum absolute atomic E-state index is 13.2. The highest BCUT2D eigenvalue weighted by molar-refractivity contribution is 5.99. The van der Waals surface area contributed by atoms with Gasteiger partial charge in [0.1, 0.15) is 5.54 Å². The zero-order chi connectivity index (χ0) is 23.5. The summed E-state index contributed by atoms with van der Waals surface area (Å²) < 4.78 is 0. The van der Waals surface area contributed by atoms with Crippen LogP contribution in [-0.2, 0) is 4.79 Å². The molecule has 176 valence electrons. The number of anilines is 1. The molecular formula is C26H34N4O3. The zero-order valence-electron chi connectivity index (χ0n) is 19.5. The smallest absolute Gasteiger partial charge is 0.252 e. The molecule has 2 saturated heterocycles. The van der Waals surface area contributed by atoms with Gasteiger partial charge in [-0.25, -0.2) is 0 Å². The number of piperazine rings is 1. The Morgan fingerprint density at radius 3 is 2.18 bits per heavy atom. The van der Waals surface area contributed by atoms with E-state index in [0.717, 1.165) is 26.2 Å². The number of nitrogens with zero attached hydrogens (tertiary/aromatic N) is 3. The van der Waals surface area contributed by atoms with Gasteiger partial charge in [0.15, 0.2) is 0 Å². The molecule has 2 aromatic carbocycles. The fourth-order valence-electron chi connectivity index (χ4n) is 4.77. The number of carbonyl (C=O) groups excluding carboxylic acids is 2. The highest BCUT2D eigenvalue weighted by Gasteiger charge is 2.44. The Bertz CT molecular complexity index is 958. The fraction of sp³-hybridized carbons (Fsp3) is 0.462. The monoisotopic (exact) mass is 450 g/mol. The molecule has 1 unspecified atom stereocenters. The molecule has 0 spiro atoms. The van der Waals surface area contributed by atoms with Crippen LogP contribution in [0.4, 0.5) is 5.69 Å². The molecule has 2 N–H and O–H groups in total. The van der Waals surface area contributed by atoms with Gasteiger partial charge in [-0.3, -0.25) is 14.5 Å². The Kier molecular flexibility index (Phi) is 6.72. The van der Waals surface area contributed by atoms with Gasteiger partial charge >= 0.3 is 0 Å². The van der Waals surface area contributed by atoms with Gasteiger partial charge in [-0.15, -0.1) is 0 Å². The molecule has 1 atom stereocenters. The van der Waals surface area contributed by atoms with Crippen molar-refractivity contribution in [3.63, 3.8) is 0 Å². The van der Waals surface area contributed by atoms with Crippen LogP contribution < -0.4 is 10.2 Å². The second-order valence-electron chi connectivity index (χ2n) is 9.74. The summed E-state index contributed by atoms with van der Waals surface area (Å²) in [4.78, 5) is 32.1. The largest absolute Gasteiger partial charge is 0.387 e. The molecule has 2 fully saturated rings. The van der Waals surface area contributed by atoms with Gasteiger partial charge < -0.3 is 20.2 Å². The Morgan fingerprint density at radius 1 is 0.939 bits per heavy atom. The molecule has 7 nitrogen and oxygen atoms in total. The number of β-amino-alcohol motifs (C(OH)–C–C–N with tert-alkyl or cyclic N) is 1. The number of hydrogen-bond acceptors (Lipinski definition) is 5. The molecule has 2 aliphatic heterocycles. The van der Waals surface area contributed by atoms with Crippen LogP contribution in [0.25, 0.3) is 0 Å². The van der Waals surface area contributed by atoms with Crippen molar-refractivity contribution in [2.24, 2.45) is 0 Å². The zero-order valence-corrected chi connectivity index (χ0v) is 19.5. The van der Waals surface area contributed by atoms with E-state index >= 15 is 0 Å². The summed E-state index contributed by atoms with van der Waals surface area (Å²) in [7, 11) is 0. The summed E-state index contributed by atoms with van der Waals surface area (Å²) in [6, 6.07) is 19.3. The molecule has 2 amide bonds. The minimum atomic E-state index is -1.06. The summed E-state index contributed by atoms with van der Waals surface area (Å²) in [5, 5.41) is 14.1. The average Bonchev–Trinajstić information content (AvgIpc) is 3.21. The average molecular weight is 451 g/mol. The summed E-state index contributed by atoms with van der Waals surface area (Å²) in [6.07, 6.45) is 0.542. The second-order valence-corrected chi connectivity index (χ2v) is 9.74. The first-order valence-electron chi connectivity index (χ1n) is 11.7. The molecule has 0 radical (unpaired) electrons. The van der Waals surface area contributed by atoms with E-state index in [2.05, 4.69) is 39.4 Å². The predicted octanol–water partition coefficient (Wildman–Crippen LogP) is 1.98. The van der Waals surface area contributed by atoms with E-state index in [1.165, 1.54) is 5.69 Å². The Balaban J connectivity index is 1.29. The van der Waals surface area contributed by atoms with E-state index in [4.69, 9.17) is 0 Å². The van der Waals surface area contributed by atoms with Gasteiger partial charge in [0.2, 0.25) is 5.91 Å². The lowest BCUT2D eigenvalue weighted by atomic mass is 10.0. The third-order valence-electron chi connectivity index (χ3n) is 6.63. The molecule has 7 heteroatoms. The lowest BCUT2D eigenvalue weighted by molar-refractivity contribution is -0.136. The number of carbonyl (C=O) groups is 2. The van der Waals surface area contributed by atoms with Crippen LogP contribution in [0.15, 0.2) is 60.7 Å². The quantitative estimate of drug-likeness (QED) is 0.704. The maximum atomic E-state index is 13.2. The number of hydrogen-bond donors (Lipinski definition) is 2. The van der Waals surface area contributed by atoms with Crippen LogP contribution in [-0.4, -0.2) is 83.7 Å². The highest BCUT2D eigenvalue weighted by Crippen LogP contribution is 2.26. The van der Waals surface area contributed by atoms with Crippen molar-refractivity contribution in [1.29, 1.82) is 0 Å². The summed E-state index contributed by atoms with van der Waals surface area (Å²) in [5.74, 6) is -0.448. The summed E-state index contributed by atoms with van der Waals surface area (Å²) in [6.45, 7) is 8.36. The van der Waals surface area contributed by atoms with Gasteiger partial charge in [-0.1, -0.05) is 36.4 Å². The first-order valence-corrected chi connectivity index (χ1v) is 11.7. The van der Waals surface area contributed by atoms with E-state index in [9.17, 15) is 14.7 Å². The minimum Gasteiger partial charge on any atom is -0.387 e. The maximum Gasteiger partial charge on any atom is 0.252 e. The van der Waals surface area contributed by atoms with E-state index < -0.39 is 11.1 Å². The van der Waals surface area contributed by atoms with Crippen molar-refractivity contribution in [3.05, 3.63) is 66.2 Å². The normalized spacial score (nSPS) is 21.8. The molecule has 0 aromatic heterocycles. The molecule has 0 saturated carbocycles. The van der Waals surface area contributed by atoms with Gasteiger partial charge in [0, 0.05) is 50.5 Å². The number of nitrogens with one attached hydrogen (secondary N) is 1. The molecule has 2 heterocycles. The number of likely N-dealkylation sites (tertiary alicyclic amines) is 1. The second kappa shape index (κ2) is 9.53. The van der Waals surface area contributed by atoms with Crippen LogP contribution in [0.5, 0.6) is 0 Å². The number of para-hydroxylation sites is 1. The summed E-state index contributed by atoms with van der Waals surface area (Å²) >= 11 is 0. The van der Waals surface area contributed by atoms with Crippen LogP contribution in [0.2, 0.25) is 0 Å². The fourth-order valence-corrected chi connectivity index (χ4v) is 4.77. The number of amides is 2. The van der Waals surface area contributed by atoms with Crippen molar-refractivity contribution in [1.82, 2.24) is 15.1 Å². The van der Waals surface area contributed by atoms with Crippen LogP contribution >= 0.6 is 0 Å². The van der Waals surface area contributed by atoms with E-state index in [1.807, 2.05) is 12.1 Å². The van der Waals surface area contributed by atoms with Gasteiger partial charge in [0.25, 0.3) is 5.91 Å². The van der Waals surface area contributed by atoms with Crippen LogP contribution in [0, 0.1) is 0 Å². The Hall–Kier alpha value is -2.90. The van der Waals surface area contributed by atoms with Crippen molar-refractivity contribution < 1.29 is 14.7 Å². The van der Waals surface area contributed by atoms with Crippen LogP contribution in [0.3, 0.4) is 0 Å². The molecule has 2 aliphatic rings. The highest BCUT2D eigenvalue weighted by atomic mass is 16.3. The Labute approximate surface area is 196 Å². The minimum absolute atomic E-state index is 0.170. The first kappa shape index (κ1) is 23.3. The molecule has 2 aromatic rings. The molecule has 33 heavy (non-hydrogen) atoms. The standard InChI is InChI=1S/C26H34N4O3/c1-25(2,27-23(31)21-9-5-3-6-10-21)24(32)30-14-13-26(33,20-30)19-28-15-17-29(18-16-28)22-11-7-4-8-12-22/h3-12,33H,13-20H2,1-2H3,(H,27,31). The third-order valence-corrected chi connectivity index (χ3v) is 6.63. The van der Waals surface area contributed by atoms with Gasteiger partial charge in [-0.2, -0.15) is 0 Å². The van der Waals surface area contributed by atoms with Crippen molar-refractivity contribution in [2.75, 3.05) is 50.7 Å². The lowest BCUT2D eigenvalue weighted by Crippen LogP contribution is -2.57.